The average Bonchev–Trinajstić information content (AvgIpc) is 3.22. The molecule has 0 bridgehead atoms. The van der Waals surface area contributed by atoms with Gasteiger partial charge in [-0.3, -0.25) is 10.00 Å². The maximum atomic E-state index is 10.2. The van der Waals surface area contributed by atoms with Gasteiger partial charge in [-0.2, -0.15) is 0 Å². The van der Waals surface area contributed by atoms with Crippen LogP contribution in [0.5, 0.6) is 0 Å². The summed E-state index contributed by atoms with van der Waals surface area (Å²) in [7, 11) is 0. The molecule has 3 N–H and O–H groups in total. The van der Waals surface area contributed by atoms with Gasteiger partial charge in [0, 0.05) is 24.7 Å². The molecule has 1 aliphatic carbocycles. The van der Waals surface area contributed by atoms with E-state index in [1.807, 2.05) is 24.0 Å². The molecule has 1 aromatic carbocycles. The van der Waals surface area contributed by atoms with Gasteiger partial charge in [-0.05, 0) is 18.6 Å². The molecule has 104 valence electrons. The highest BCUT2D eigenvalue weighted by molar-refractivity contribution is 5.67. The van der Waals surface area contributed by atoms with Crippen molar-refractivity contribution in [3.8, 4) is 11.3 Å². The van der Waals surface area contributed by atoms with Crippen molar-refractivity contribution in [2.45, 2.75) is 31.2 Å². The molecule has 20 heavy (non-hydrogen) atoms. The third kappa shape index (κ3) is 1.56. The second-order valence-electron chi connectivity index (χ2n) is 5.68. The van der Waals surface area contributed by atoms with Gasteiger partial charge < -0.3 is 10.2 Å². The molecule has 0 radical (unpaired) electrons. The van der Waals surface area contributed by atoms with Gasteiger partial charge in [0.1, 0.15) is 11.9 Å². The lowest BCUT2D eigenvalue weighted by atomic mass is 9.94. The Labute approximate surface area is 116 Å². The van der Waals surface area contributed by atoms with E-state index in [2.05, 4.69) is 21.5 Å². The Kier molecular flexibility index (Phi) is 2.33. The van der Waals surface area contributed by atoms with E-state index in [0.717, 1.165) is 22.4 Å². The molecule has 2 fully saturated rings. The SMILES string of the molecule is Cc1ccc(C2(N3CC3O)CC2O)c(-c2c[nH]nn2)c1. The summed E-state index contributed by atoms with van der Waals surface area (Å²) in [4.78, 5) is 1.94. The molecule has 0 spiro atoms. The largest absolute Gasteiger partial charge is 0.391 e. The van der Waals surface area contributed by atoms with Gasteiger partial charge in [0.05, 0.1) is 11.6 Å². The fourth-order valence-electron chi connectivity index (χ4n) is 3.13. The monoisotopic (exact) mass is 272 g/mol. The van der Waals surface area contributed by atoms with Crippen LogP contribution in [0.4, 0.5) is 0 Å². The van der Waals surface area contributed by atoms with Gasteiger partial charge in [-0.25, -0.2) is 0 Å². The predicted octanol–water partition coefficient (Wildman–Crippen LogP) is 0.374. The van der Waals surface area contributed by atoms with Crippen molar-refractivity contribution in [2.24, 2.45) is 0 Å². The average molecular weight is 272 g/mol. The molecular weight excluding hydrogens is 256 g/mol. The van der Waals surface area contributed by atoms with E-state index < -0.39 is 17.9 Å². The van der Waals surface area contributed by atoms with E-state index in [-0.39, 0.29) is 0 Å². The summed E-state index contributed by atoms with van der Waals surface area (Å²) in [6, 6.07) is 6.11. The Hall–Kier alpha value is -1.76. The molecule has 2 aliphatic rings. The lowest BCUT2D eigenvalue weighted by molar-refractivity contribution is 0.135. The number of nitrogens with one attached hydrogen (secondary N) is 1. The van der Waals surface area contributed by atoms with Crippen molar-refractivity contribution in [3.63, 3.8) is 0 Å². The maximum Gasteiger partial charge on any atom is 0.121 e. The first-order chi connectivity index (χ1) is 9.63. The number of rotatable bonds is 3. The highest BCUT2D eigenvalue weighted by Crippen LogP contribution is 2.57. The molecule has 1 saturated heterocycles. The number of aliphatic hydroxyl groups excluding tert-OH is 2. The Morgan fingerprint density at radius 1 is 1.40 bits per heavy atom. The number of H-pyrrole nitrogens is 1. The zero-order valence-corrected chi connectivity index (χ0v) is 11.1. The molecule has 4 rings (SSSR count). The lowest BCUT2D eigenvalue weighted by Crippen LogP contribution is -2.25. The summed E-state index contributed by atoms with van der Waals surface area (Å²) in [6.07, 6.45) is 1.52. The molecule has 6 heteroatoms. The topological polar surface area (TPSA) is 85.0 Å². The second kappa shape index (κ2) is 3.88. The van der Waals surface area contributed by atoms with E-state index in [4.69, 9.17) is 0 Å². The van der Waals surface area contributed by atoms with Crippen LogP contribution in [0.15, 0.2) is 24.4 Å². The maximum absolute atomic E-state index is 10.2. The first-order valence-corrected chi connectivity index (χ1v) is 6.74. The van der Waals surface area contributed by atoms with Gasteiger partial charge >= 0.3 is 0 Å². The third-order valence-electron chi connectivity index (χ3n) is 4.33. The highest BCUT2D eigenvalue weighted by atomic mass is 16.3. The van der Waals surface area contributed by atoms with Crippen LogP contribution in [-0.2, 0) is 5.54 Å². The lowest BCUT2D eigenvalue weighted by Gasteiger charge is -2.21. The van der Waals surface area contributed by atoms with Gasteiger partial charge in [0.25, 0.3) is 0 Å². The molecule has 2 aromatic rings. The van der Waals surface area contributed by atoms with Crippen LogP contribution in [0, 0.1) is 6.92 Å². The minimum absolute atomic E-state index is 0.437. The minimum atomic E-state index is -0.457. The first-order valence-electron chi connectivity index (χ1n) is 6.74. The number of benzene rings is 1. The normalized spacial score (nSPS) is 35.0. The zero-order valence-electron chi connectivity index (χ0n) is 11.1. The van der Waals surface area contributed by atoms with Crippen LogP contribution in [0.1, 0.15) is 17.5 Å². The standard InChI is InChI=1S/C14H16N4O2/c1-8-2-3-10(9(4-8)11-6-15-17-16-11)14(5-12(14)19)18-7-13(18)20/h2-4,6,12-13,19-20H,5,7H2,1H3,(H,15,16,17). The number of hydrogen-bond donors (Lipinski definition) is 3. The molecule has 4 unspecified atom stereocenters. The number of hydrogen-bond acceptors (Lipinski definition) is 5. The van der Waals surface area contributed by atoms with E-state index in [9.17, 15) is 10.2 Å². The summed E-state index contributed by atoms with van der Waals surface area (Å²) < 4.78 is 0. The van der Waals surface area contributed by atoms with Crippen molar-refractivity contribution < 1.29 is 10.2 Å². The van der Waals surface area contributed by atoms with Crippen LogP contribution in [0.3, 0.4) is 0 Å². The fourth-order valence-corrected chi connectivity index (χ4v) is 3.13. The van der Waals surface area contributed by atoms with E-state index >= 15 is 0 Å². The second-order valence-corrected chi connectivity index (χ2v) is 5.68. The summed E-state index contributed by atoms with van der Waals surface area (Å²) >= 11 is 0. The van der Waals surface area contributed by atoms with Crippen LogP contribution in [0.25, 0.3) is 11.3 Å². The summed E-state index contributed by atoms with van der Waals surface area (Å²) in [5.74, 6) is 0. The molecule has 0 amide bonds. The Morgan fingerprint density at radius 2 is 2.15 bits per heavy atom. The number of nitrogens with zero attached hydrogens (tertiary/aromatic N) is 3. The zero-order chi connectivity index (χ0) is 13.9. The van der Waals surface area contributed by atoms with Crippen LogP contribution < -0.4 is 0 Å². The summed E-state index contributed by atoms with van der Waals surface area (Å²) in [6.45, 7) is 2.64. The van der Waals surface area contributed by atoms with Crippen LogP contribution in [-0.4, -0.2) is 49.4 Å². The minimum Gasteiger partial charge on any atom is -0.391 e. The number of aliphatic hydroxyl groups is 2. The molecule has 4 atom stereocenters. The Balaban J connectivity index is 1.86. The van der Waals surface area contributed by atoms with Crippen molar-refractivity contribution in [2.75, 3.05) is 6.54 Å². The number of aromatic amines is 1. The van der Waals surface area contributed by atoms with Gasteiger partial charge in [-0.1, -0.05) is 22.9 Å². The highest BCUT2D eigenvalue weighted by Gasteiger charge is 2.66. The number of β-amino-alcohol motifs (C(OH)–C–C–N with tert-alkyl or cyclic N) is 1. The smallest absolute Gasteiger partial charge is 0.121 e. The summed E-state index contributed by atoms with van der Waals surface area (Å²) in [5.41, 5.74) is 3.42. The van der Waals surface area contributed by atoms with Crippen LogP contribution in [0.2, 0.25) is 0 Å². The third-order valence-corrected chi connectivity index (χ3v) is 4.33. The molecule has 1 saturated carbocycles. The van der Waals surface area contributed by atoms with Crippen molar-refractivity contribution in [1.82, 2.24) is 20.3 Å². The van der Waals surface area contributed by atoms with Gasteiger partial charge in [0.15, 0.2) is 0 Å². The van der Waals surface area contributed by atoms with Gasteiger partial charge in [-0.15, -0.1) is 5.10 Å². The Morgan fingerprint density at radius 3 is 2.70 bits per heavy atom. The molecule has 1 aliphatic heterocycles. The first kappa shape index (κ1) is 12.0. The van der Waals surface area contributed by atoms with Gasteiger partial charge in [0.2, 0.25) is 0 Å². The number of aryl methyl sites for hydroxylation is 1. The fraction of sp³-hybridized carbons (Fsp3) is 0.429. The molecule has 1 aromatic heterocycles. The van der Waals surface area contributed by atoms with Crippen molar-refractivity contribution >= 4 is 0 Å². The molecule has 2 heterocycles. The van der Waals surface area contributed by atoms with Crippen LogP contribution >= 0.6 is 0 Å². The molecular formula is C14H16N4O2. The van der Waals surface area contributed by atoms with E-state index in [1.165, 1.54) is 0 Å². The molecule has 6 nitrogen and oxygen atoms in total. The van der Waals surface area contributed by atoms with Crippen molar-refractivity contribution in [3.05, 3.63) is 35.5 Å². The van der Waals surface area contributed by atoms with E-state index in [0.29, 0.717) is 13.0 Å². The quantitative estimate of drug-likeness (QED) is 0.703. The number of aromatic nitrogens is 3. The van der Waals surface area contributed by atoms with E-state index in [1.54, 1.807) is 6.20 Å². The Bertz CT molecular complexity index is 657. The van der Waals surface area contributed by atoms with Crippen molar-refractivity contribution in [1.29, 1.82) is 0 Å². The predicted molar refractivity (Wildman–Crippen MR) is 71.6 cm³/mol. The summed E-state index contributed by atoms with van der Waals surface area (Å²) in [5, 5.41) is 30.5.